The van der Waals surface area contributed by atoms with Crippen molar-refractivity contribution in [1.82, 2.24) is 15.3 Å². The summed E-state index contributed by atoms with van der Waals surface area (Å²) in [6.07, 6.45) is 1.97. The van der Waals surface area contributed by atoms with Crippen molar-refractivity contribution in [3.05, 3.63) is 0 Å². The van der Waals surface area contributed by atoms with Crippen LogP contribution < -0.4 is 15.3 Å². The Morgan fingerprint density at radius 2 is 1.50 bits per heavy atom. The van der Waals surface area contributed by atoms with Crippen LogP contribution >= 0.6 is 7.59 Å². The van der Waals surface area contributed by atoms with Crippen LogP contribution in [0.3, 0.4) is 0 Å². The van der Waals surface area contributed by atoms with E-state index in [0.717, 1.165) is 25.9 Å². The summed E-state index contributed by atoms with van der Waals surface area (Å²) >= 11 is 0. The van der Waals surface area contributed by atoms with Gasteiger partial charge in [-0.1, -0.05) is 13.8 Å². The molecule has 0 aliphatic carbocycles. The van der Waals surface area contributed by atoms with Crippen molar-refractivity contribution < 1.29 is 4.57 Å². The molecular formula is C7H20N3OP. The third kappa shape index (κ3) is 4.88. The Kier molecular flexibility index (Phi) is 6.67. The Hall–Kier alpha value is 0.110. The van der Waals surface area contributed by atoms with E-state index < -0.39 is 7.59 Å². The fraction of sp³-hybridized carbons (Fsp3) is 1.00. The molecule has 0 aliphatic heterocycles. The summed E-state index contributed by atoms with van der Waals surface area (Å²) in [4.78, 5) is 0. The lowest BCUT2D eigenvalue weighted by atomic mass is 10.5. The fourth-order valence-electron chi connectivity index (χ4n) is 0.753. The lowest BCUT2D eigenvalue weighted by Gasteiger charge is -2.18. The van der Waals surface area contributed by atoms with Gasteiger partial charge in [0.25, 0.3) is 7.59 Å². The largest absolute Gasteiger partial charge is 0.278 e. The summed E-state index contributed by atoms with van der Waals surface area (Å²) in [6, 6.07) is 0. The van der Waals surface area contributed by atoms with Gasteiger partial charge in [0.15, 0.2) is 0 Å². The molecule has 0 amide bonds. The third-order valence-electron chi connectivity index (χ3n) is 1.48. The normalized spacial score (nSPS) is 11.9. The van der Waals surface area contributed by atoms with E-state index in [1.54, 1.807) is 7.05 Å². The van der Waals surface area contributed by atoms with Gasteiger partial charge in [-0.15, -0.1) is 0 Å². The second kappa shape index (κ2) is 6.61. The van der Waals surface area contributed by atoms with Crippen molar-refractivity contribution in [2.45, 2.75) is 26.7 Å². The fourth-order valence-corrected chi connectivity index (χ4v) is 2.26. The molecule has 0 saturated carbocycles. The van der Waals surface area contributed by atoms with Crippen LogP contribution in [0.15, 0.2) is 0 Å². The smallest absolute Gasteiger partial charge is 0.271 e. The van der Waals surface area contributed by atoms with E-state index in [4.69, 9.17) is 0 Å². The molecule has 12 heavy (non-hydrogen) atoms. The molecule has 0 heterocycles. The Bertz CT molecular complexity index is 140. The third-order valence-corrected chi connectivity index (χ3v) is 3.45. The van der Waals surface area contributed by atoms with E-state index in [-0.39, 0.29) is 0 Å². The van der Waals surface area contributed by atoms with Gasteiger partial charge in [0.2, 0.25) is 0 Å². The van der Waals surface area contributed by atoms with Crippen molar-refractivity contribution in [3.63, 3.8) is 0 Å². The molecule has 0 saturated heterocycles. The minimum absolute atomic E-state index is 0.773. The van der Waals surface area contributed by atoms with Crippen molar-refractivity contribution >= 4 is 7.59 Å². The van der Waals surface area contributed by atoms with E-state index in [1.807, 2.05) is 13.8 Å². The first-order valence-corrected chi connectivity index (χ1v) is 6.18. The van der Waals surface area contributed by atoms with Gasteiger partial charge in [0.05, 0.1) is 0 Å². The molecule has 0 fully saturated rings. The van der Waals surface area contributed by atoms with Gasteiger partial charge in [-0.3, -0.25) is 4.57 Å². The highest BCUT2D eigenvalue weighted by atomic mass is 31.2. The first kappa shape index (κ1) is 12.1. The predicted molar refractivity (Wildman–Crippen MR) is 53.3 cm³/mol. The van der Waals surface area contributed by atoms with E-state index in [2.05, 4.69) is 15.3 Å². The monoisotopic (exact) mass is 193 g/mol. The van der Waals surface area contributed by atoms with Crippen LogP contribution in [0.2, 0.25) is 0 Å². The van der Waals surface area contributed by atoms with Gasteiger partial charge in [-0.05, 0) is 19.9 Å². The summed E-state index contributed by atoms with van der Waals surface area (Å²) in [6.45, 7) is 5.64. The van der Waals surface area contributed by atoms with Crippen LogP contribution in [0.5, 0.6) is 0 Å². The van der Waals surface area contributed by atoms with Crippen LogP contribution in [0.4, 0.5) is 0 Å². The summed E-state index contributed by atoms with van der Waals surface area (Å²) < 4.78 is 11.8. The quantitative estimate of drug-likeness (QED) is 0.534. The van der Waals surface area contributed by atoms with Crippen LogP contribution in [-0.2, 0) is 4.57 Å². The lowest BCUT2D eigenvalue weighted by Crippen LogP contribution is -2.31. The number of nitrogens with one attached hydrogen (secondary N) is 3. The first-order valence-electron chi connectivity index (χ1n) is 4.47. The zero-order valence-corrected chi connectivity index (χ0v) is 9.08. The summed E-state index contributed by atoms with van der Waals surface area (Å²) in [7, 11) is -0.783. The molecule has 0 aromatic heterocycles. The maximum Gasteiger partial charge on any atom is 0.278 e. The standard InChI is InChI=1S/C7H20N3OP/c1-4-6-9-12(11,8-3)10-7-5-2/h4-7H2,1-3H3,(H3,8,9,10,11). The highest BCUT2D eigenvalue weighted by Crippen LogP contribution is 2.28. The zero-order valence-electron chi connectivity index (χ0n) is 8.18. The maximum atomic E-state index is 11.8. The minimum Gasteiger partial charge on any atom is -0.271 e. The number of rotatable bonds is 7. The summed E-state index contributed by atoms with van der Waals surface area (Å²) in [5, 5.41) is 8.71. The molecular weight excluding hydrogens is 173 g/mol. The van der Waals surface area contributed by atoms with Gasteiger partial charge >= 0.3 is 0 Å². The predicted octanol–water partition coefficient (Wildman–Crippen LogP) is 1.31. The molecule has 3 N–H and O–H groups in total. The van der Waals surface area contributed by atoms with E-state index in [9.17, 15) is 4.57 Å². The van der Waals surface area contributed by atoms with Gasteiger partial charge in [-0.25, -0.2) is 15.3 Å². The van der Waals surface area contributed by atoms with Crippen molar-refractivity contribution in [2.24, 2.45) is 0 Å². The average Bonchev–Trinajstić information content (AvgIpc) is 2.11. The molecule has 0 spiro atoms. The van der Waals surface area contributed by atoms with Gasteiger partial charge < -0.3 is 0 Å². The van der Waals surface area contributed by atoms with E-state index in [0.29, 0.717) is 0 Å². The van der Waals surface area contributed by atoms with E-state index in [1.165, 1.54) is 0 Å². The molecule has 0 aromatic rings. The Labute approximate surface area is 75.0 Å². The van der Waals surface area contributed by atoms with Crippen LogP contribution in [0.1, 0.15) is 26.7 Å². The molecule has 0 aliphatic rings. The molecule has 0 bridgehead atoms. The molecule has 0 unspecified atom stereocenters. The van der Waals surface area contributed by atoms with Gasteiger partial charge in [0.1, 0.15) is 0 Å². The number of hydrogen-bond acceptors (Lipinski definition) is 1. The van der Waals surface area contributed by atoms with Crippen LogP contribution in [0, 0.1) is 0 Å². The SMILES string of the molecule is CCCNP(=O)(NC)NCCC. The second-order valence-corrected chi connectivity index (χ2v) is 4.95. The molecule has 0 atom stereocenters. The molecule has 74 valence electrons. The molecule has 5 heteroatoms. The molecule has 0 aromatic carbocycles. The minimum atomic E-state index is -2.48. The number of hydrogen-bond donors (Lipinski definition) is 3. The molecule has 4 nitrogen and oxygen atoms in total. The lowest BCUT2D eigenvalue weighted by molar-refractivity contribution is 0.543. The summed E-state index contributed by atoms with van der Waals surface area (Å²) in [5.41, 5.74) is 0. The molecule has 0 rings (SSSR count). The topological polar surface area (TPSA) is 53.2 Å². The Morgan fingerprint density at radius 3 is 1.75 bits per heavy atom. The highest BCUT2D eigenvalue weighted by molar-refractivity contribution is 7.57. The van der Waals surface area contributed by atoms with Crippen molar-refractivity contribution in [2.75, 3.05) is 20.1 Å². The Balaban J connectivity index is 3.79. The maximum absolute atomic E-state index is 11.8. The summed E-state index contributed by atoms with van der Waals surface area (Å²) in [5.74, 6) is 0. The second-order valence-electron chi connectivity index (χ2n) is 2.65. The van der Waals surface area contributed by atoms with Crippen LogP contribution in [0.25, 0.3) is 0 Å². The zero-order chi connectivity index (χ0) is 9.45. The van der Waals surface area contributed by atoms with Crippen LogP contribution in [-0.4, -0.2) is 20.1 Å². The average molecular weight is 193 g/mol. The first-order chi connectivity index (χ1) is 5.68. The van der Waals surface area contributed by atoms with Gasteiger partial charge in [-0.2, -0.15) is 0 Å². The van der Waals surface area contributed by atoms with Crippen molar-refractivity contribution in [1.29, 1.82) is 0 Å². The van der Waals surface area contributed by atoms with Crippen molar-refractivity contribution in [3.8, 4) is 0 Å². The Morgan fingerprint density at radius 1 is 1.08 bits per heavy atom. The highest BCUT2D eigenvalue weighted by Gasteiger charge is 2.15. The van der Waals surface area contributed by atoms with Gasteiger partial charge in [0, 0.05) is 13.1 Å². The molecule has 0 radical (unpaired) electrons. The van der Waals surface area contributed by atoms with E-state index >= 15 is 0 Å².